The van der Waals surface area contributed by atoms with Crippen LogP contribution in [0.1, 0.15) is 39.7 Å². The van der Waals surface area contributed by atoms with Crippen molar-refractivity contribution in [2.75, 3.05) is 0 Å². The number of aromatic amines is 1. The van der Waals surface area contributed by atoms with Gasteiger partial charge in [-0.15, -0.1) is 13.2 Å². The number of rotatable bonds is 6. The summed E-state index contributed by atoms with van der Waals surface area (Å²) in [4.78, 5) is 3.94. The largest absolute Gasteiger partial charge is 0.523 e. The highest BCUT2D eigenvalue weighted by Crippen LogP contribution is 2.36. The van der Waals surface area contributed by atoms with Gasteiger partial charge in [-0.25, -0.2) is 4.98 Å². The molecule has 1 aromatic heterocycles. The molecule has 1 aliphatic carbocycles. The molecule has 9 heteroatoms. The van der Waals surface area contributed by atoms with E-state index >= 15 is 0 Å². The Morgan fingerprint density at radius 3 is 2.64 bits per heavy atom. The summed E-state index contributed by atoms with van der Waals surface area (Å²) in [5.74, 6) is 0. The molecule has 25 heavy (non-hydrogen) atoms. The first-order valence-electron chi connectivity index (χ1n) is 7.91. The lowest BCUT2D eigenvalue weighted by molar-refractivity contribution is -0.336. The van der Waals surface area contributed by atoms with Crippen LogP contribution in [0.15, 0.2) is 30.1 Å². The van der Waals surface area contributed by atoms with E-state index in [0.717, 1.165) is 5.57 Å². The van der Waals surface area contributed by atoms with Gasteiger partial charge in [-0.05, 0) is 37.4 Å². The zero-order chi connectivity index (χ0) is 18.8. The molecule has 0 amide bonds. The number of nitrogens with zero attached hydrogens (tertiary/aromatic N) is 2. The highest BCUT2D eigenvalue weighted by Gasteiger charge is 2.35. The van der Waals surface area contributed by atoms with Crippen molar-refractivity contribution in [3.8, 4) is 0 Å². The summed E-state index contributed by atoms with van der Waals surface area (Å²) in [7, 11) is 0. The third kappa shape index (κ3) is 5.26. The summed E-state index contributed by atoms with van der Waals surface area (Å²) >= 11 is 5.10. The molecule has 0 aliphatic heterocycles. The van der Waals surface area contributed by atoms with E-state index in [0.29, 0.717) is 11.2 Å². The first-order valence-corrected chi connectivity index (χ1v) is 8.32. The molecular formula is C16H22F3N3O2S. The van der Waals surface area contributed by atoms with Crippen LogP contribution in [0.25, 0.3) is 0 Å². The lowest BCUT2D eigenvalue weighted by atomic mass is 9.77. The number of alkyl halides is 3. The van der Waals surface area contributed by atoms with Gasteiger partial charge in [-0.2, -0.15) is 0 Å². The summed E-state index contributed by atoms with van der Waals surface area (Å²) in [6.07, 6.45) is 0.489. The summed E-state index contributed by atoms with van der Waals surface area (Å²) in [5, 5.41) is 13.6. The zero-order valence-electron chi connectivity index (χ0n) is 14.2. The van der Waals surface area contributed by atoms with E-state index in [-0.39, 0.29) is 12.5 Å². The van der Waals surface area contributed by atoms with E-state index in [9.17, 15) is 18.3 Å². The van der Waals surface area contributed by atoms with Crippen LogP contribution in [0.3, 0.4) is 0 Å². The Labute approximate surface area is 149 Å². The molecule has 1 aliphatic rings. The maximum absolute atomic E-state index is 12.2. The molecule has 0 aromatic carbocycles. The topological polar surface area (TPSA) is 63.1 Å². The summed E-state index contributed by atoms with van der Waals surface area (Å²) in [5.41, 5.74) is 0.346. The highest BCUT2D eigenvalue weighted by atomic mass is 32.1. The van der Waals surface area contributed by atoms with Crippen molar-refractivity contribution < 1.29 is 23.0 Å². The van der Waals surface area contributed by atoms with Gasteiger partial charge in [0.25, 0.3) is 0 Å². The molecule has 1 aromatic rings. The SMILES string of the molecule is CC(C(O)C(C)(C)CC1=CCC(OC(F)(F)F)C=C1)n1[nH]cnc1=S. The van der Waals surface area contributed by atoms with E-state index in [2.05, 4.69) is 14.8 Å². The average molecular weight is 377 g/mol. The molecule has 1 heterocycles. The molecule has 0 saturated heterocycles. The smallest absolute Gasteiger partial charge is 0.390 e. The van der Waals surface area contributed by atoms with Crippen molar-refractivity contribution in [2.24, 2.45) is 5.41 Å². The van der Waals surface area contributed by atoms with E-state index in [4.69, 9.17) is 12.2 Å². The number of allylic oxidation sites excluding steroid dienone is 2. The number of aliphatic hydroxyl groups is 1. The number of H-pyrrole nitrogens is 1. The number of ether oxygens (including phenoxy) is 1. The predicted octanol–water partition coefficient (Wildman–Crippen LogP) is 4.07. The Morgan fingerprint density at radius 1 is 1.48 bits per heavy atom. The molecule has 0 fully saturated rings. The van der Waals surface area contributed by atoms with E-state index in [1.54, 1.807) is 16.8 Å². The fraction of sp³-hybridized carbons (Fsp3) is 0.625. The predicted molar refractivity (Wildman–Crippen MR) is 89.3 cm³/mol. The maximum atomic E-state index is 12.2. The van der Waals surface area contributed by atoms with Crippen LogP contribution < -0.4 is 0 Å². The van der Waals surface area contributed by atoms with Crippen molar-refractivity contribution in [1.82, 2.24) is 14.8 Å². The minimum Gasteiger partial charge on any atom is -0.390 e. The fourth-order valence-electron chi connectivity index (χ4n) is 3.02. The third-order valence-corrected chi connectivity index (χ3v) is 4.63. The highest BCUT2D eigenvalue weighted by molar-refractivity contribution is 7.71. The molecule has 140 valence electrons. The standard InChI is InChI=1S/C16H22F3N3O2S/c1-10(22-14(25)20-9-21-22)13(23)15(2,3)8-11-4-6-12(7-5-11)24-16(17,18)19/h4-6,9-10,12-13,23H,7-8H2,1-3H3,(H,20,21,25). The van der Waals surface area contributed by atoms with Gasteiger partial charge in [0.05, 0.1) is 18.2 Å². The van der Waals surface area contributed by atoms with Gasteiger partial charge in [-0.3, -0.25) is 14.5 Å². The van der Waals surface area contributed by atoms with E-state index in [1.165, 1.54) is 12.4 Å². The minimum absolute atomic E-state index is 0.151. The normalized spacial score (nSPS) is 21.1. The van der Waals surface area contributed by atoms with Crippen LogP contribution in [0.5, 0.6) is 0 Å². The third-order valence-electron chi connectivity index (χ3n) is 4.32. The van der Waals surface area contributed by atoms with Crippen LogP contribution in [-0.2, 0) is 4.74 Å². The van der Waals surface area contributed by atoms with Crippen molar-refractivity contribution in [2.45, 2.75) is 58.2 Å². The van der Waals surface area contributed by atoms with Gasteiger partial charge in [0.1, 0.15) is 6.33 Å². The first-order chi connectivity index (χ1) is 11.5. The second-order valence-corrected chi connectivity index (χ2v) is 7.23. The van der Waals surface area contributed by atoms with Crippen LogP contribution >= 0.6 is 12.2 Å². The molecule has 5 nitrogen and oxygen atoms in total. The van der Waals surface area contributed by atoms with Gasteiger partial charge < -0.3 is 5.11 Å². The fourth-order valence-corrected chi connectivity index (χ4v) is 3.29. The molecule has 3 unspecified atom stereocenters. The van der Waals surface area contributed by atoms with Crippen LogP contribution in [-0.4, -0.2) is 38.4 Å². The van der Waals surface area contributed by atoms with Crippen LogP contribution in [0, 0.1) is 10.2 Å². The number of hydrogen-bond donors (Lipinski definition) is 2. The Balaban J connectivity index is 2.00. The molecule has 0 spiro atoms. The summed E-state index contributed by atoms with van der Waals surface area (Å²) in [6, 6.07) is -0.320. The molecule has 0 radical (unpaired) electrons. The molecule has 2 rings (SSSR count). The Kier molecular flexibility index (Phi) is 5.90. The first kappa shape index (κ1) is 19.9. The molecule has 2 N–H and O–H groups in total. The lowest BCUT2D eigenvalue weighted by Gasteiger charge is -2.35. The van der Waals surface area contributed by atoms with Crippen LogP contribution in [0.2, 0.25) is 0 Å². The lowest BCUT2D eigenvalue weighted by Crippen LogP contribution is -2.37. The Bertz CT molecular complexity index is 706. The Hall–Kier alpha value is -1.45. The van der Waals surface area contributed by atoms with Gasteiger partial charge in [0, 0.05) is 0 Å². The monoisotopic (exact) mass is 377 g/mol. The molecule has 0 saturated carbocycles. The van der Waals surface area contributed by atoms with Gasteiger partial charge in [0.2, 0.25) is 4.77 Å². The number of aliphatic hydroxyl groups excluding tert-OH is 1. The second kappa shape index (κ2) is 7.43. The van der Waals surface area contributed by atoms with Crippen molar-refractivity contribution in [3.63, 3.8) is 0 Å². The summed E-state index contributed by atoms with van der Waals surface area (Å²) in [6.45, 7) is 5.64. The molecule has 3 atom stereocenters. The quantitative estimate of drug-likeness (QED) is 0.734. The van der Waals surface area contributed by atoms with Crippen LogP contribution in [0.4, 0.5) is 13.2 Å². The molecular weight excluding hydrogens is 355 g/mol. The average Bonchev–Trinajstić information content (AvgIpc) is 2.92. The molecule has 0 bridgehead atoms. The number of nitrogens with one attached hydrogen (secondary N) is 1. The van der Waals surface area contributed by atoms with E-state index in [1.807, 2.05) is 20.8 Å². The van der Waals surface area contributed by atoms with Gasteiger partial charge in [0.15, 0.2) is 0 Å². The summed E-state index contributed by atoms with van der Waals surface area (Å²) < 4.78 is 42.7. The number of halogens is 3. The van der Waals surface area contributed by atoms with Crippen molar-refractivity contribution in [3.05, 3.63) is 34.9 Å². The van der Waals surface area contributed by atoms with Crippen molar-refractivity contribution in [1.29, 1.82) is 0 Å². The Morgan fingerprint density at radius 2 is 2.16 bits per heavy atom. The number of hydrogen-bond acceptors (Lipinski definition) is 4. The number of aromatic nitrogens is 3. The zero-order valence-corrected chi connectivity index (χ0v) is 15.1. The maximum Gasteiger partial charge on any atom is 0.523 e. The van der Waals surface area contributed by atoms with E-state index < -0.39 is 24.0 Å². The second-order valence-electron chi connectivity index (χ2n) is 6.87. The van der Waals surface area contributed by atoms with Crippen molar-refractivity contribution >= 4 is 12.2 Å². The van der Waals surface area contributed by atoms with Gasteiger partial charge in [-0.1, -0.05) is 37.6 Å². The minimum atomic E-state index is -4.64. The van der Waals surface area contributed by atoms with Gasteiger partial charge >= 0.3 is 6.36 Å².